The number of thioether (sulfide) groups is 1. The highest BCUT2D eigenvalue weighted by atomic mass is 35.5. The van der Waals surface area contributed by atoms with Crippen molar-refractivity contribution >= 4 is 75.4 Å². The lowest BCUT2D eigenvalue weighted by atomic mass is 9.83. The van der Waals surface area contributed by atoms with Gasteiger partial charge in [0, 0.05) is 26.5 Å². The molecule has 39 heavy (non-hydrogen) atoms. The Kier molecular flexibility index (Phi) is 6.84. The number of benzene rings is 3. The Bertz CT molecular complexity index is 1650. The fraction of sp³-hybridized carbons (Fsp3) is 0.143. The zero-order valence-corrected chi connectivity index (χ0v) is 23.2. The minimum atomic E-state index is -0.759. The number of halogens is 2. The van der Waals surface area contributed by atoms with Gasteiger partial charge in [-0.25, -0.2) is 4.90 Å². The standard InChI is InChI=1S/C28H19Cl2N3O4S2/c29-16-6-10-18(11-7-16)31-20(34)14-32-27-24(39-28(32)37)21(15-4-2-1-3-5-15)22-23(38-27)26(36)33(25(22)35)19-12-8-17(30)9-13-19/h1-13,21-23H,14H2,(H,31,34). The minimum Gasteiger partial charge on any atom is -0.325 e. The Labute approximate surface area is 241 Å². The van der Waals surface area contributed by atoms with E-state index < -0.39 is 23.0 Å². The van der Waals surface area contributed by atoms with Crippen LogP contribution in [0.3, 0.4) is 0 Å². The molecule has 11 heteroatoms. The summed E-state index contributed by atoms with van der Waals surface area (Å²) in [4.78, 5) is 55.2. The summed E-state index contributed by atoms with van der Waals surface area (Å²) in [5, 5.41) is 3.59. The second kappa shape index (κ2) is 10.3. The molecule has 3 unspecified atom stereocenters. The SMILES string of the molecule is O=C(Cn1c2c(sc1=O)C(c1ccccc1)C1C(=O)N(c3ccc(Cl)cc3)C(=O)C1S2)Nc1ccc(Cl)cc1. The summed E-state index contributed by atoms with van der Waals surface area (Å²) in [7, 11) is 0. The van der Waals surface area contributed by atoms with Crippen molar-refractivity contribution in [2.24, 2.45) is 5.92 Å². The monoisotopic (exact) mass is 595 g/mol. The number of nitrogens with one attached hydrogen (secondary N) is 1. The molecule has 1 fully saturated rings. The maximum Gasteiger partial charge on any atom is 0.308 e. The minimum absolute atomic E-state index is 0.234. The van der Waals surface area contributed by atoms with Crippen molar-refractivity contribution < 1.29 is 14.4 Å². The summed E-state index contributed by atoms with van der Waals surface area (Å²) in [6.07, 6.45) is 0. The molecule has 3 aromatic carbocycles. The average molecular weight is 597 g/mol. The Morgan fingerprint density at radius 1 is 0.846 bits per heavy atom. The number of rotatable bonds is 5. The van der Waals surface area contributed by atoms with Crippen LogP contribution in [-0.2, 0) is 20.9 Å². The predicted molar refractivity (Wildman–Crippen MR) is 154 cm³/mol. The largest absolute Gasteiger partial charge is 0.325 e. The van der Waals surface area contributed by atoms with Crippen LogP contribution in [0.1, 0.15) is 16.4 Å². The molecule has 0 radical (unpaired) electrons. The number of thiazole rings is 1. The van der Waals surface area contributed by atoms with Gasteiger partial charge in [0.1, 0.15) is 11.8 Å². The molecule has 1 N–H and O–H groups in total. The van der Waals surface area contributed by atoms with E-state index in [2.05, 4.69) is 5.32 Å². The highest BCUT2D eigenvalue weighted by Crippen LogP contribution is 2.53. The molecule has 7 nitrogen and oxygen atoms in total. The van der Waals surface area contributed by atoms with Crippen LogP contribution in [0.25, 0.3) is 0 Å². The van der Waals surface area contributed by atoms with Gasteiger partial charge in [-0.05, 0) is 54.1 Å². The van der Waals surface area contributed by atoms with Crippen LogP contribution < -0.4 is 15.1 Å². The number of amides is 3. The van der Waals surface area contributed by atoms with E-state index in [1.807, 2.05) is 30.3 Å². The van der Waals surface area contributed by atoms with Crippen molar-refractivity contribution in [3.05, 3.63) is 109 Å². The van der Waals surface area contributed by atoms with Gasteiger partial charge in [-0.2, -0.15) is 0 Å². The van der Waals surface area contributed by atoms with Crippen LogP contribution in [0, 0.1) is 5.92 Å². The molecule has 3 heterocycles. The third kappa shape index (κ3) is 4.69. The number of carbonyl (C=O) groups is 3. The fourth-order valence-corrected chi connectivity index (χ4v) is 8.02. The Hall–Kier alpha value is -3.37. The van der Waals surface area contributed by atoms with Gasteiger partial charge in [-0.3, -0.25) is 23.7 Å². The van der Waals surface area contributed by atoms with E-state index in [1.54, 1.807) is 48.5 Å². The van der Waals surface area contributed by atoms with Crippen LogP contribution in [0.2, 0.25) is 10.0 Å². The molecule has 1 saturated heterocycles. The lowest BCUT2D eigenvalue weighted by Gasteiger charge is -2.30. The molecule has 0 bridgehead atoms. The number of carbonyl (C=O) groups excluding carboxylic acids is 3. The van der Waals surface area contributed by atoms with E-state index in [9.17, 15) is 19.2 Å². The van der Waals surface area contributed by atoms with E-state index in [4.69, 9.17) is 23.2 Å². The molecule has 4 aromatic rings. The maximum atomic E-state index is 13.8. The fourth-order valence-electron chi connectivity index (χ4n) is 5.00. The lowest BCUT2D eigenvalue weighted by Crippen LogP contribution is -2.33. The summed E-state index contributed by atoms with van der Waals surface area (Å²) in [5.41, 5.74) is 1.82. The predicted octanol–water partition coefficient (Wildman–Crippen LogP) is 5.65. The van der Waals surface area contributed by atoms with Gasteiger partial charge in [0.25, 0.3) is 0 Å². The molecular weight excluding hydrogens is 577 g/mol. The first-order chi connectivity index (χ1) is 18.8. The van der Waals surface area contributed by atoms with Crippen molar-refractivity contribution in [2.45, 2.75) is 22.7 Å². The molecule has 196 valence electrons. The smallest absolute Gasteiger partial charge is 0.308 e. The number of fused-ring (bicyclic) bond motifs is 2. The van der Waals surface area contributed by atoms with Crippen molar-refractivity contribution in [3.8, 4) is 0 Å². The number of imide groups is 1. The van der Waals surface area contributed by atoms with Crippen molar-refractivity contribution in [3.63, 3.8) is 0 Å². The van der Waals surface area contributed by atoms with E-state index in [1.165, 1.54) is 21.2 Å². The van der Waals surface area contributed by atoms with Crippen molar-refractivity contribution in [1.82, 2.24) is 4.57 Å². The maximum absolute atomic E-state index is 13.8. The molecular formula is C28H19Cl2N3O4S2. The normalized spacial score (nSPS) is 20.1. The number of hydrogen-bond donors (Lipinski definition) is 1. The van der Waals surface area contributed by atoms with Crippen molar-refractivity contribution in [1.29, 1.82) is 0 Å². The molecule has 6 rings (SSSR count). The highest BCUT2D eigenvalue weighted by molar-refractivity contribution is 8.00. The third-order valence-corrected chi connectivity index (χ3v) is 9.83. The highest BCUT2D eigenvalue weighted by Gasteiger charge is 2.56. The number of aromatic nitrogens is 1. The van der Waals surface area contributed by atoms with Gasteiger partial charge in [0.2, 0.25) is 17.7 Å². The number of hydrogen-bond acceptors (Lipinski definition) is 6. The van der Waals surface area contributed by atoms with Gasteiger partial charge in [0.05, 0.1) is 16.6 Å². The van der Waals surface area contributed by atoms with Crippen LogP contribution >= 0.6 is 46.3 Å². The Morgan fingerprint density at radius 3 is 2.15 bits per heavy atom. The quantitative estimate of drug-likeness (QED) is 0.301. The Morgan fingerprint density at radius 2 is 1.49 bits per heavy atom. The van der Waals surface area contributed by atoms with E-state index in [0.717, 1.165) is 16.9 Å². The zero-order valence-electron chi connectivity index (χ0n) is 20.0. The summed E-state index contributed by atoms with van der Waals surface area (Å²) < 4.78 is 1.39. The van der Waals surface area contributed by atoms with E-state index in [-0.39, 0.29) is 23.2 Å². The lowest BCUT2D eigenvalue weighted by molar-refractivity contribution is -0.122. The van der Waals surface area contributed by atoms with Crippen LogP contribution in [0.5, 0.6) is 0 Å². The summed E-state index contributed by atoms with van der Waals surface area (Å²) in [6.45, 7) is -0.234. The number of anilines is 2. The second-order valence-corrected chi connectivity index (χ2v) is 12.1. The third-order valence-electron chi connectivity index (χ3n) is 6.72. The first-order valence-electron chi connectivity index (χ1n) is 12.0. The van der Waals surface area contributed by atoms with Crippen molar-refractivity contribution in [2.75, 3.05) is 10.2 Å². The van der Waals surface area contributed by atoms with Crippen LogP contribution in [0.4, 0.5) is 11.4 Å². The molecule has 3 atom stereocenters. The van der Waals surface area contributed by atoms with E-state index in [0.29, 0.717) is 31.3 Å². The summed E-state index contributed by atoms with van der Waals surface area (Å²) in [6, 6.07) is 22.6. The first-order valence-corrected chi connectivity index (χ1v) is 14.4. The zero-order chi connectivity index (χ0) is 27.3. The van der Waals surface area contributed by atoms with Crippen LogP contribution in [0.15, 0.2) is 88.7 Å². The summed E-state index contributed by atoms with van der Waals surface area (Å²) >= 11 is 14.1. The van der Waals surface area contributed by atoms with E-state index >= 15 is 0 Å². The molecule has 1 aromatic heterocycles. The second-order valence-electron chi connectivity index (χ2n) is 9.12. The molecule has 3 amide bonds. The average Bonchev–Trinajstić information content (AvgIpc) is 3.37. The van der Waals surface area contributed by atoms with Gasteiger partial charge in [-0.1, -0.05) is 76.6 Å². The molecule has 2 aliphatic heterocycles. The first kappa shape index (κ1) is 25.9. The van der Waals surface area contributed by atoms with Crippen LogP contribution in [-0.4, -0.2) is 27.5 Å². The number of nitrogens with zero attached hydrogens (tertiary/aromatic N) is 2. The van der Waals surface area contributed by atoms with Gasteiger partial charge >= 0.3 is 4.87 Å². The molecule has 2 aliphatic rings. The summed E-state index contributed by atoms with van der Waals surface area (Å²) in [5.74, 6) is -2.30. The topological polar surface area (TPSA) is 88.5 Å². The molecule has 0 spiro atoms. The molecule has 0 aliphatic carbocycles. The Balaban J connectivity index is 1.39. The molecule has 0 saturated carbocycles. The van der Waals surface area contributed by atoms with Gasteiger partial charge in [0.15, 0.2) is 0 Å². The van der Waals surface area contributed by atoms with Gasteiger partial charge in [-0.15, -0.1) is 0 Å². The van der Waals surface area contributed by atoms with Gasteiger partial charge < -0.3 is 5.32 Å².